The number of carboxylic acid groups (broad SMARTS) is 1. The molecule has 4 aliphatic rings. The third-order valence-electron chi connectivity index (χ3n) is 6.25. The number of allylic oxidation sites excluding steroid dienone is 1. The quantitative estimate of drug-likeness (QED) is 0.321. The van der Waals surface area contributed by atoms with Crippen molar-refractivity contribution in [1.82, 2.24) is 20.5 Å². The van der Waals surface area contributed by atoms with E-state index in [9.17, 15) is 24.3 Å². The van der Waals surface area contributed by atoms with E-state index in [0.29, 0.717) is 53.0 Å². The van der Waals surface area contributed by atoms with Crippen LogP contribution in [0, 0.1) is 5.92 Å². The highest BCUT2D eigenvalue weighted by Crippen LogP contribution is 2.46. The Hall–Kier alpha value is -2.86. The molecule has 12 heteroatoms. The van der Waals surface area contributed by atoms with Crippen LogP contribution < -0.4 is 16.4 Å². The van der Waals surface area contributed by atoms with Crippen molar-refractivity contribution in [3.05, 3.63) is 33.5 Å². The maximum absolute atomic E-state index is 13.0. The summed E-state index contributed by atoms with van der Waals surface area (Å²) in [6.45, 7) is 0.537. The largest absolute Gasteiger partial charge is 0.477 e. The van der Waals surface area contributed by atoms with E-state index in [2.05, 4.69) is 15.6 Å². The molecule has 0 spiro atoms. The third kappa shape index (κ3) is 4.12. The minimum Gasteiger partial charge on any atom is -0.477 e. The van der Waals surface area contributed by atoms with Gasteiger partial charge in [0.05, 0.1) is 12.1 Å². The topological polar surface area (TPSA) is 155 Å². The number of nitrogen functional groups attached to an aromatic ring is 1. The van der Waals surface area contributed by atoms with Crippen LogP contribution in [0.15, 0.2) is 27.8 Å². The fourth-order valence-electron chi connectivity index (χ4n) is 4.49. The molecule has 0 bridgehead atoms. The summed E-state index contributed by atoms with van der Waals surface area (Å²) in [6.07, 6.45) is 3.32. The number of thioether (sulfide) groups is 1. The Balaban J connectivity index is 1.39. The molecule has 3 fully saturated rings. The van der Waals surface area contributed by atoms with Crippen LogP contribution in [0.25, 0.3) is 0 Å². The lowest BCUT2D eigenvalue weighted by Gasteiger charge is -2.49. The molecule has 3 aliphatic heterocycles. The summed E-state index contributed by atoms with van der Waals surface area (Å²) in [4.78, 5) is 55.4. The Labute approximate surface area is 197 Å². The van der Waals surface area contributed by atoms with Gasteiger partial charge in [-0.05, 0) is 42.7 Å². The summed E-state index contributed by atoms with van der Waals surface area (Å²) in [5.41, 5.74) is 8.01. The fraction of sp³-hybridized carbons (Fsp3) is 0.476. The predicted octanol–water partition coefficient (Wildman–Crippen LogP) is 0.623. The molecular formula is C21H23N5O5S2. The van der Waals surface area contributed by atoms with Crippen molar-refractivity contribution < 1.29 is 24.3 Å². The van der Waals surface area contributed by atoms with Gasteiger partial charge in [-0.15, -0.1) is 23.1 Å². The maximum atomic E-state index is 13.0. The molecule has 0 aromatic carbocycles. The number of nitrogens with zero attached hydrogens (tertiary/aromatic N) is 2. The molecule has 5 N–H and O–H groups in total. The van der Waals surface area contributed by atoms with Gasteiger partial charge in [0, 0.05) is 23.3 Å². The van der Waals surface area contributed by atoms with Gasteiger partial charge in [0.2, 0.25) is 11.8 Å². The summed E-state index contributed by atoms with van der Waals surface area (Å²) in [7, 11) is 0. The van der Waals surface area contributed by atoms with E-state index in [1.54, 1.807) is 5.38 Å². The summed E-state index contributed by atoms with van der Waals surface area (Å²) in [6, 6.07) is -0.802. The van der Waals surface area contributed by atoms with Crippen molar-refractivity contribution in [2.24, 2.45) is 5.92 Å². The van der Waals surface area contributed by atoms with Crippen molar-refractivity contribution >= 4 is 51.9 Å². The molecule has 1 saturated carbocycles. The number of amides is 3. The standard InChI is InChI=1S/C21H23N5O5S2/c22-21-24-10(7-33-21)6-14(27)25-15-18(29)26-16(20(30)31)13(8-32-19(15)26)12(5-9-1-2-9)11-3-4-23-17(11)28/h7,9,15,19H,1-6,8H2,(H2,22,24)(H,23,28)(H,25,27)(H,30,31)/t15-,19-/m1/s1. The van der Waals surface area contributed by atoms with Gasteiger partial charge in [0.25, 0.3) is 5.91 Å². The number of anilines is 1. The number of nitrogens with two attached hydrogens (primary N) is 1. The minimum absolute atomic E-state index is 0.00547. The number of carboxylic acids is 1. The van der Waals surface area contributed by atoms with E-state index in [0.717, 1.165) is 18.4 Å². The molecule has 10 nitrogen and oxygen atoms in total. The molecule has 3 amide bonds. The molecule has 2 saturated heterocycles. The molecular weight excluding hydrogens is 466 g/mol. The van der Waals surface area contributed by atoms with Crippen LogP contribution in [0.2, 0.25) is 0 Å². The average Bonchev–Trinajstić information content (AvgIpc) is 3.36. The number of hydrogen-bond acceptors (Lipinski definition) is 8. The lowest BCUT2D eigenvalue weighted by molar-refractivity contribution is -0.150. The summed E-state index contributed by atoms with van der Waals surface area (Å²) in [5.74, 6) is -1.37. The fourth-order valence-corrected chi connectivity index (χ4v) is 6.44. The van der Waals surface area contributed by atoms with Gasteiger partial charge in [-0.1, -0.05) is 0 Å². The summed E-state index contributed by atoms with van der Waals surface area (Å²) >= 11 is 2.64. The van der Waals surface area contributed by atoms with E-state index in [1.165, 1.54) is 28.0 Å². The zero-order valence-corrected chi connectivity index (χ0v) is 19.3. The van der Waals surface area contributed by atoms with E-state index < -0.39 is 23.3 Å². The van der Waals surface area contributed by atoms with Gasteiger partial charge in [-0.25, -0.2) is 9.78 Å². The highest BCUT2D eigenvalue weighted by atomic mass is 32.2. The molecule has 33 heavy (non-hydrogen) atoms. The van der Waals surface area contributed by atoms with E-state index in [4.69, 9.17) is 5.73 Å². The van der Waals surface area contributed by atoms with Gasteiger partial charge in [-0.2, -0.15) is 0 Å². The number of hydrogen-bond donors (Lipinski definition) is 4. The molecule has 1 aromatic rings. The van der Waals surface area contributed by atoms with Crippen molar-refractivity contribution in [1.29, 1.82) is 0 Å². The molecule has 1 aromatic heterocycles. The first-order chi connectivity index (χ1) is 15.8. The number of fused-ring (bicyclic) bond motifs is 1. The number of nitrogens with one attached hydrogen (secondary N) is 2. The Kier molecular flexibility index (Phi) is 5.65. The lowest BCUT2D eigenvalue weighted by Crippen LogP contribution is -2.70. The van der Waals surface area contributed by atoms with Crippen LogP contribution in [-0.2, 0) is 25.6 Å². The average molecular weight is 490 g/mol. The second kappa shape index (κ2) is 8.49. The number of carbonyl (C=O) groups is 4. The molecule has 5 rings (SSSR count). The first-order valence-electron chi connectivity index (χ1n) is 10.7. The summed E-state index contributed by atoms with van der Waals surface area (Å²) < 4.78 is 0. The first kappa shape index (κ1) is 22.0. The Bertz CT molecular complexity index is 1120. The van der Waals surface area contributed by atoms with E-state index in [-0.39, 0.29) is 23.9 Å². The molecule has 4 heterocycles. The summed E-state index contributed by atoms with van der Waals surface area (Å²) in [5, 5.41) is 17.1. The van der Waals surface area contributed by atoms with Crippen LogP contribution in [0.3, 0.4) is 0 Å². The van der Waals surface area contributed by atoms with Crippen molar-refractivity contribution in [3.8, 4) is 0 Å². The van der Waals surface area contributed by atoms with Crippen LogP contribution in [0.5, 0.6) is 0 Å². The third-order valence-corrected chi connectivity index (χ3v) is 8.25. The van der Waals surface area contributed by atoms with Gasteiger partial charge < -0.3 is 21.5 Å². The molecule has 2 atom stereocenters. The smallest absolute Gasteiger partial charge is 0.352 e. The molecule has 0 unspecified atom stereocenters. The van der Waals surface area contributed by atoms with Crippen LogP contribution >= 0.6 is 23.1 Å². The SMILES string of the molecule is Nc1nc(CC(=O)N[C@@H]2C(=O)N3C(C(=O)O)=C(C(CC4CC4)=C4CCNC4=O)CS[C@H]23)cs1. The second-order valence-corrected chi connectivity index (χ2v) is 10.5. The Morgan fingerprint density at radius 1 is 1.33 bits per heavy atom. The number of aromatic nitrogens is 1. The normalized spacial score (nSPS) is 26.0. The van der Waals surface area contributed by atoms with Crippen LogP contribution in [0.1, 0.15) is 31.4 Å². The van der Waals surface area contributed by atoms with Gasteiger partial charge in [0.15, 0.2) is 5.13 Å². The van der Waals surface area contributed by atoms with Gasteiger partial charge in [0.1, 0.15) is 17.1 Å². The minimum atomic E-state index is -1.20. The van der Waals surface area contributed by atoms with E-state index >= 15 is 0 Å². The van der Waals surface area contributed by atoms with Crippen molar-refractivity contribution in [2.45, 2.75) is 43.5 Å². The van der Waals surface area contributed by atoms with Crippen molar-refractivity contribution in [3.63, 3.8) is 0 Å². The molecule has 1 aliphatic carbocycles. The Morgan fingerprint density at radius 3 is 2.73 bits per heavy atom. The second-order valence-electron chi connectivity index (χ2n) is 8.55. The highest BCUT2D eigenvalue weighted by Gasteiger charge is 2.54. The molecule has 0 radical (unpaired) electrons. The van der Waals surface area contributed by atoms with Crippen molar-refractivity contribution in [2.75, 3.05) is 18.0 Å². The maximum Gasteiger partial charge on any atom is 0.352 e. The molecule has 174 valence electrons. The van der Waals surface area contributed by atoms with Crippen LogP contribution in [0.4, 0.5) is 5.13 Å². The number of β-lactam (4-membered cyclic amide) rings is 1. The predicted molar refractivity (Wildman–Crippen MR) is 122 cm³/mol. The number of rotatable bonds is 7. The number of aliphatic carboxylic acids is 1. The van der Waals surface area contributed by atoms with Gasteiger partial charge in [-0.3, -0.25) is 19.3 Å². The van der Waals surface area contributed by atoms with E-state index in [1.807, 2.05) is 0 Å². The Morgan fingerprint density at radius 2 is 2.12 bits per heavy atom. The van der Waals surface area contributed by atoms with Gasteiger partial charge >= 0.3 is 5.97 Å². The number of thiazole rings is 1. The lowest BCUT2D eigenvalue weighted by atomic mass is 9.91. The number of carbonyl (C=O) groups excluding carboxylic acids is 3. The monoisotopic (exact) mass is 489 g/mol. The van der Waals surface area contributed by atoms with Crippen LogP contribution in [-0.4, -0.2) is 62.4 Å². The zero-order valence-electron chi connectivity index (χ0n) is 17.6. The highest BCUT2D eigenvalue weighted by molar-refractivity contribution is 8.00. The zero-order chi connectivity index (χ0) is 23.3. The first-order valence-corrected chi connectivity index (χ1v) is 12.7.